The van der Waals surface area contributed by atoms with Crippen LogP contribution in [0.1, 0.15) is 35.2 Å². The van der Waals surface area contributed by atoms with E-state index in [2.05, 4.69) is 45.2 Å². The molecule has 1 aromatic heterocycles. The molecule has 4 aromatic carbocycles. The Bertz CT molecular complexity index is 2260. The van der Waals surface area contributed by atoms with Gasteiger partial charge in [0.1, 0.15) is 18.1 Å². The van der Waals surface area contributed by atoms with Gasteiger partial charge in [0.2, 0.25) is 0 Å². The lowest BCUT2D eigenvalue weighted by atomic mass is 9.93. The summed E-state index contributed by atoms with van der Waals surface area (Å²) >= 11 is 5.63. The fraction of sp³-hybridized carbons (Fsp3) is 0.139. The Balaban J connectivity index is 1.45. The number of esters is 1. The van der Waals surface area contributed by atoms with Crippen LogP contribution in [0.4, 0.5) is 5.69 Å². The number of benzene rings is 4. The zero-order chi connectivity index (χ0) is 34.7. The summed E-state index contributed by atoms with van der Waals surface area (Å²) in [4.78, 5) is 43.9. The molecule has 1 aliphatic rings. The first-order chi connectivity index (χ1) is 23.7. The van der Waals surface area contributed by atoms with Gasteiger partial charge in [-0.1, -0.05) is 53.8 Å². The van der Waals surface area contributed by atoms with Gasteiger partial charge in [-0.15, -0.1) is 0 Å². The van der Waals surface area contributed by atoms with Crippen LogP contribution in [0, 0.1) is 17.3 Å². The zero-order valence-electron chi connectivity index (χ0n) is 26.1. The standard InChI is InChI=1S/C36H27I2N3O7S/c1-3-47-35(43)30-31(23-8-5-4-6-9-23)39-36-40(32(30)24-10-7-11-26(19-24)46-2)34(42)29(49-36)18-22-16-27(37)33(28(38)17-22)48-20-21-12-14-25(15-13-21)41(44)45/h4-19,32H,3,20H2,1-2H3/b29-18-/t32-/m0/s1. The minimum Gasteiger partial charge on any atom is -0.497 e. The second-order valence-electron chi connectivity index (χ2n) is 10.7. The molecule has 0 unspecified atom stereocenters. The molecule has 0 radical (unpaired) electrons. The number of aromatic nitrogens is 1. The molecular weight excluding hydrogens is 872 g/mol. The quantitative estimate of drug-likeness (QED) is 0.0667. The summed E-state index contributed by atoms with van der Waals surface area (Å²) < 4.78 is 20.8. The van der Waals surface area contributed by atoms with Crippen molar-refractivity contribution in [2.24, 2.45) is 4.99 Å². The largest absolute Gasteiger partial charge is 0.497 e. The van der Waals surface area contributed by atoms with Crippen LogP contribution in [-0.2, 0) is 16.1 Å². The Morgan fingerprint density at radius 1 is 1.02 bits per heavy atom. The third-order valence-electron chi connectivity index (χ3n) is 7.63. The molecule has 0 aliphatic carbocycles. The maximum Gasteiger partial charge on any atom is 0.338 e. The summed E-state index contributed by atoms with van der Waals surface area (Å²) in [6.45, 7) is 2.13. The molecule has 5 aromatic rings. The fourth-order valence-electron chi connectivity index (χ4n) is 5.39. The fourth-order valence-corrected chi connectivity index (χ4v) is 8.52. The van der Waals surface area contributed by atoms with E-state index in [4.69, 9.17) is 19.2 Å². The molecule has 1 atom stereocenters. The van der Waals surface area contributed by atoms with E-state index in [1.165, 1.54) is 23.5 Å². The molecule has 248 valence electrons. The lowest BCUT2D eigenvalue weighted by Crippen LogP contribution is -2.40. The Kier molecular flexibility index (Phi) is 10.6. The molecule has 1 aliphatic heterocycles. The van der Waals surface area contributed by atoms with Crippen LogP contribution < -0.4 is 24.4 Å². The number of carbonyl (C=O) groups excluding carboxylic acids is 1. The smallest absolute Gasteiger partial charge is 0.338 e. The average molecular weight is 900 g/mol. The predicted molar refractivity (Wildman–Crippen MR) is 203 cm³/mol. The number of nitro groups is 1. The highest BCUT2D eigenvalue weighted by molar-refractivity contribution is 14.1. The van der Waals surface area contributed by atoms with Gasteiger partial charge in [0.15, 0.2) is 4.80 Å². The van der Waals surface area contributed by atoms with Crippen molar-refractivity contribution >= 4 is 79.9 Å². The van der Waals surface area contributed by atoms with Gasteiger partial charge in [-0.2, -0.15) is 0 Å². The Hall–Kier alpha value is -4.35. The molecule has 0 saturated carbocycles. The van der Waals surface area contributed by atoms with E-state index in [0.717, 1.165) is 23.8 Å². The minimum absolute atomic E-state index is 0.0192. The van der Waals surface area contributed by atoms with Gasteiger partial charge in [0.05, 0.1) is 47.6 Å². The monoisotopic (exact) mass is 899 g/mol. The lowest BCUT2D eigenvalue weighted by molar-refractivity contribution is -0.384. The molecule has 0 N–H and O–H groups in total. The van der Waals surface area contributed by atoms with Gasteiger partial charge in [0.25, 0.3) is 11.2 Å². The van der Waals surface area contributed by atoms with Crippen LogP contribution in [0.3, 0.4) is 0 Å². The van der Waals surface area contributed by atoms with E-state index in [9.17, 15) is 19.7 Å². The summed E-state index contributed by atoms with van der Waals surface area (Å²) in [6, 6.07) is 26.0. The molecule has 49 heavy (non-hydrogen) atoms. The van der Waals surface area contributed by atoms with E-state index < -0.39 is 16.9 Å². The number of non-ortho nitro benzene ring substituents is 1. The SMILES string of the molecule is CCOC(=O)C1=C(c2ccccc2)N=c2s/c(=C\c3cc(I)c(OCc4ccc([N+](=O)[O-])cc4)c(I)c3)c(=O)n2[C@H]1c1cccc(OC)c1. The van der Waals surface area contributed by atoms with Gasteiger partial charge in [-0.25, -0.2) is 9.79 Å². The minimum atomic E-state index is -0.821. The number of hydrogen-bond donors (Lipinski definition) is 0. The molecule has 0 bridgehead atoms. The molecule has 6 rings (SSSR count). The number of carbonyl (C=O) groups is 1. The Morgan fingerprint density at radius 2 is 1.73 bits per heavy atom. The van der Waals surface area contributed by atoms with Crippen molar-refractivity contribution in [1.82, 2.24) is 4.57 Å². The first kappa shape index (κ1) is 34.5. The number of nitrogens with zero attached hydrogens (tertiary/aromatic N) is 3. The molecule has 2 heterocycles. The number of hydrogen-bond acceptors (Lipinski definition) is 9. The number of thiazole rings is 1. The third kappa shape index (κ3) is 7.33. The normalized spacial score (nSPS) is 14.2. The van der Waals surface area contributed by atoms with Gasteiger partial charge in [-0.3, -0.25) is 19.5 Å². The summed E-state index contributed by atoms with van der Waals surface area (Å²) in [6.07, 6.45) is 1.81. The van der Waals surface area contributed by atoms with Crippen molar-refractivity contribution in [3.63, 3.8) is 0 Å². The van der Waals surface area contributed by atoms with Crippen molar-refractivity contribution in [3.8, 4) is 11.5 Å². The maximum atomic E-state index is 14.3. The number of nitro benzene ring substituents is 1. The van der Waals surface area contributed by atoms with E-state index >= 15 is 0 Å². The summed E-state index contributed by atoms with van der Waals surface area (Å²) in [5.41, 5.74) is 3.41. The molecule has 13 heteroatoms. The van der Waals surface area contributed by atoms with Gasteiger partial charge in [0, 0.05) is 17.7 Å². The van der Waals surface area contributed by atoms with Crippen molar-refractivity contribution in [1.29, 1.82) is 0 Å². The Morgan fingerprint density at radius 3 is 2.39 bits per heavy atom. The Labute approximate surface area is 311 Å². The van der Waals surface area contributed by atoms with Crippen LogP contribution in [-0.4, -0.2) is 29.2 Å². The van der Waals surface area contributed by atoms with Gasteiger partial charge >= 0.3 is 5.97 Å². The van der Waals surface area contributed by atoms with Gasteiger partial charge in [-0.05, 0) is 111 Å². The topological polar surface area (TPSA) is 122 Å². The van der Waals surface area contributed by atoms with Crippen LogP contribution in [0.5, 0.6) is 11.5 Å². The predicted octanol–water partition coefficient (Wildman–Crippen LogP) is 6.64. The van der Waals surface area contributed by atoms with Crippen molar-refractivity contribution in [2.75, 3.05) is 13.7 Å². The van der Waals surface area contributed by atoms with Crippen LogP contribution in [0.25, 0.3) is 11.8 Å². The van der Waals surface area contributed by atoms with Crippen LogP contribution >= 0.6 is 56.5 Å². The van der Waals surface area contributed by atoms with Crippen LogP contribution in [0.2, 0.25) is 0 Å². The molecular formula is C36H27I2N3O7S. The van der Waals surface area contributed by atoms with Crippen LogP contribution in [0.15, 0.2) is 106 Å². The summed E-state index contributed by atoms with van der Waals surface area (Å²) in [7, 11) is 1.57. The van der Waals surface area contributed by atoms with E-state index in [-0.39, 0.29) is 30.0 Å². The van der Waals surface area contributed by atoms with Crippen molar-refractivity contribution in [2.45, 2.75) is 19.6 Å². The molecule has 0 amide bonds. The molecule has 0 spiro atoms. The average Bonchev–Trinajstić information content (AvgIpc) is 3.41. The van der Waals surface area contributed by atoms with Gasteiger partial charge < -0.3 is 14.2 Å². The lowest BCUT2D eigenvalue weighted by Gasteiger charge is -2.26. The highest BCUT2D eigenvalue weighted by Gasteiger charge is 2.35. The number of halogens is 2. The van der Waals surface area contributed by atoms with E-state index in [1.807, 2.05) is 72.8 Å². The van der Waals surface area contributed by atoms with Crippen molar-refractivity contribution < 1.29 is 23.9 Å². The second kappa shape index (κ2) is 15.0. The third-order valence-corrected chi connectivity index (χ3v) is 10.2. The first-order valence-electron chi connectivity index (χ1n) is 15.0. The van der Waals surface area contributed by atoms with E-state index in [1.54, 1.807) is 30.7 Å². The number of ether oxygens (including phenoxy) is 3. The molecule has 10 nitrogen and oxygen atoms in total. The molecule has 0 saturated heterocycles. The second-order valence-corrected chi connectivity index (χ2v) is 14.1. The first-order valence-corrected chi connectivity index (χ1v) is 17.9. The number of fused-ring (bicyclic) bond motifs is 1. The van der Waals surface area contributed by atoms with E-state index in [0.29, 0.717) is 32.1 Å². The molecule has 0 fully saturated rings. The highest BCUT2D eigenvalue weighted by Crippen LogP contribution is 2.36. The summed E-state index contributed by atoms with van der Waals surface area (Å²) in [5.74, 6) is 0.699. The summed E-state index contributed by atoms with van der Waals surface area (Å²) in [5, 5.41) is 11.0. The number of rotatable bonds is 10. The zero-order valence-corrected chi connectivity index (χ0v) is 31.2. The maximum absolute atomic E-state index is 14.3. The highest BCUT2D eigenvalue weighted by atomic mass is 127. The van der Waals surface area contributed by atoms with Crippen molar-refractivity contribution in [3.05, 3.63) is 156 Å². The number of methoxy groups -OCH3 is 1.